The van der Waals surface area contributed by atoms with Gasteiger partial charge in [0.1, 0.15) is 17.5 Å². The Hall–Kier alpha value is -3.21. The number of nitrogens with zero attached hydrogens (tertiary/aromatic N) is 6. The molecule has 9 nitrogen and oxygen atoms in total. The van der Waals surface area contributed by atoms with Crippen LogP contribution in [0.2, 0.25) is 10.0 Å². The molecule has 0 spiro atoms. The maximum absolute atomic E-state index is 13.9. The van der Waals surface area contributed by atoms with E-state index in [9.17, 15) is 9.18 Å². The number of benzene rings is 1. The molecule has 2 saturated heterocycles. The van der Waals surface area contributed by atoms with Crippen LogP contribution in [0.15, 0.2) is 36.5 Å². The lowest BCUT2D eigenvalue weighted by Gasteiger charge is -2.41. The highest BCUT2D eigenvalue weighted by molar-refractivity contribution is 6.33. The summed E-state index contributed by atoms with van der Waals surface area (Å²) >= 11 is 12.7. The molecule has 5 rings (SSSR count). The molecule has 4 heterocycles. The van der Waals surface area contributed by atoms with Gasteiger partial charge in [-0.2, -0.15) is 4.98 Å². The highest BCUT2D eigenvalue weighted by atomic mass is 35.5. The van der Waals surface area contributed by atoms with E-state index < -0.39 is 5.82 Å². The topological polar surface area (TPSA) is 97.7 Å². The Bertz CT molecular complexity index is 1390. The van der Waals surface area contributed by atoms with Crippen molar-refractivity contribution in [2.45, 2.75) is 38.8 Å². The molecule has 0 unspecified atom stereocenters. The molecule has 12 heteroatoms. The molecular weight excluding hydrogens is 556 g/mol. The van der Waals surface area contributed by atoms with Crippen LogP contribution in [0.5, 0.6) is 0 Å². The summed E-state index contributed by atoms with van der Waals surface area (Å²) in [5, 5.41) is 12.0. The highest BCUT2D eigenvalue weighted by Crippen LogP contribution is 2.33. The summed E-state index contributed by atoms with van der Waals surface area (Å²) in [7, 11) is 0. The number of nitrogens with one attached hydrogen (secondary N) is 1. The van der Waals surface area contributed by atoms with Crippen molar-refractivity contribution in [1.29, 1.82) is 0 Å². The summed E-state index contributed by atoms with van der Waals surface area (Å²) in [5.41, 5.74) is 1.76. The molecule has 212 valence electrons. The third kappa shape index (κ3) is 5.94. The largest absolute Gasteiger partial charge is 0.395 e. The van der Waals surface area contributed by atoms with Crippen LogP contribution in [-0.4, -0.2) is 77.4 Å². The number of carbonyl (C=O) groups excluding carboxylic acids is 1. The third-order valence-electron chi connectivity index (χ3n) is 7.43. The zero-order valence-electron chi connectivity index (χ0n) is 22.4. The number of aliphatic hydroxyl groups is 1. The van der Waals surface area contributed by atoms with Crippen LogP contribution >= 0.6 is 23.2 Å². The Morgan fingerprint density at radius 1 is 1.07 bits per heavy atom. The Labute approximate surface area is 242 Å². The van der Waals surface area contributed by atoms with Gasteiger partial charge in [-0.3, -0.25) is 4.79 Å². The Morgan fingerprint density at radius 2 is 1.90 bits per heavy atom. The molecule has 2 aromatic heterocycles. The first-order valence-electron chi connectivity index (χ1n) is 13.4. The number of amides is 1. The lowest BCUT2D eigenvalue weighted by molar-refractivity contribution is 0.0944. The van der Waals surface area contributed by atoms with E-state index in [4.69, 9.17) is 38.3 Å². The summed E-state index contributed by atoms with van der Waals surface area (Å²) in [5.74, 6) is 1.26. The fourth-order valence-electron chi connectivity index (χ4n) is 5.28. The van der Waals surface area contributed by atoms with Crippen molar-refractivity contribution in [2.75, 3.05) is 54.0 Å². The van der Waals surface area contributed by atoms with Crippen LogP contribution in [0.4, 0.5) is 22.0 Å². The lowest BCUT2D eigenvalue weighted by Crippen LogP contribution is -2.53. The number of carbonyl (C=O) groups is 1. The van der Waals surface area contributed by atoms with Gasteiger partial charge >= 0.3 is 0 Å². The fourth-order valence-corrected chi connectivity index (χ4v) is 5.75. The number of rotatable bonds is 7. The average Bonchev–Trinajstić information content (AvgIpc) is 3.38. The SMILES string of the molecule is C[C@@H]1CN(c2ncc(C(=O)NCCO)cc2Cl)CCN1c1cc(-c2ccc(F)c(Cl)c2)nc(N2CCC[C@H]2C)n1. The van der Waals surface area contributed by atoms with E-state index in [1.807, 2.05) is 6.07 Å². The minimum atomic E-state index is -0.469. The predicted molar refractivity (Wildman–Crippen MR) is 156 cm³/mol. The number of pyridine rings is 1. The van der Waals surface area contributed by atoms with Gasteiger partial charge in [-0.15, -0.1) is 0 Å². The summed E-state index contributed by atoms with van der Waals surface area (Å²) in [6, 6.07) is 8.57. The van der Waals surface area contributed by atoms with E-state index >= 15 is 0 Å². The maximum atomic E-state index is 13.9. The second kappa shape index (κ2) is 12.1. The van der Waals surface area contributed by atoms with Crippen molar-refractivity contribution in [3.8, 4) is 11.3 Å². The van der Waals surface area contributed by atoms with Crippen LogP contribution < -0.4 is 20.0 Å². The molecule has 1 amide bonds. The molecule has 0 aliphatic carbocycles. The van der Waals surface area contributed by atoms with Crippen LogP contribution in [0, 0.1) is 5.82 Å². The molecule has 2 aliphatic rings. The predicted octanol–water partition coefficient (Wildman–Crippen LogP) is 4.41. The van der Waals surface area contributed by atoms with Crippen molar-refractivity contribution in [3.05, 3.63) is 58.0 Å². The summed E-state index contributed by atoms with van der Waals surface area (Å²) in [4.78, 5) is 33.1. The standard InChI is InChI=1S/C28H32Cl2FN7O2/c1-17-4-3-8-38(17)28-34-24(19-5-6-23(31)21(29)12-19)14-25(35-28)37-10-9-36(16-18(37)2)26-22(30)13-20(15-33-26)27(40)32-7-11-39/h5-6,12-15,17-18,39H,3-4,7-11,16H2,1-2H3,(H,32,40)/t17-,18-/m1/s1. The average molecular weight is 589 g/mol. The number of aromatic nitrogens is 3. The van der Waals surface area contributed by atoms with Gasteiger partial charge in [-0.25, -0.2) is 14.4 Å². The number of anilines is 3. The minimum Gasteiger partial charge on any atom is -0.395 e. The zero-order chi connectivity index (χ0) is 28.4. The summed E-state index contributed by atoms with van der Waals surface area (Å²) < 4.78 is 13.9. The van der Waals surface area contributed by atoms with Gasteiger partial charge in [0.15, 0.2) is 0 Å². The molecule has 0 bridgehead atoms. The van der Waals surface area contributed by atoms with E-state index in [0.717, 1.165) is 30.8 Å². The number of piperazine rings is 1. The molecule has 2 atom stereocenters. The van der Waals surface area contributed by atoms with Crippen LogP contribution in [0.25, 0.3) is 11.3 Å². The second-order valence-electron chi connectivity index (χ2n) is 10.2. The van der Waals surface area contributed by atoms with Crippen molar-refractivity contribution >= 4 is 46.7 Å². The quantitative estimate of drug-likeness (QED) is 0.419. The molecule has 2 N–H and O–H groups in total. The van der Waals surface area contributed by atoms with Crippen LogP contribution in [0.1, 0.15) is 37.0 Å². The molecule has 0 saturated carbocycles. The maximum Gasteiger partial charge on any atom is 0.252 e. The molecule has 0 radical (unpaired) electrons. The number of hydrogen-bond donors (Lipinski definition) is 2. The van der Waals surface area contributed by atoms with Crippen molar-refractivity contribution in [1.82, 2.24) is 20.3 Å². The van der Waals surface area contributed by atoms with Crippen molar-refractivity contribution < 1.29 is 14.3 Å². The smallest absolute Gasteiger partial charge is 0.252 e. The van der Waals surface area contributed by atoms with Gasteiger partial charge < -0.3 is 25.1 Å². The van der Waals surface area contributed by atoms with Crippen LogP contribution in [0.3, 0.4) is 0 Å². The van der Waals surface area contributed by atoms with Gasteiger partial charge in [-0.1, -0.05) is 23.2 Å². The zero-order valence-corrected chi connectivity index (χ0v) is 24.0. The van der Waals surface area contributed by atoms with E-state index in [2.05, 4.69) is 38.8 Å². The van der Waals surface area contributed by atoms with Gasteiger partial charge in [0.25, 0.3) is 5.91 Å². The van der Waals surface area contributed by atoms with E-state index in [0.29, 0.717) is 53.7 Å². The molecule has 40 heavy (non-hydrogen) atoms. The van der Waals surface area contributed by atoms with Gasteiger partial charge in [-0.05, 0) is 51.0 Å². The van der Waals surface area contributed by atoms with Gasteiger partial charge in [0, 0.05) is 62.6 Å². The fraction of sp³-hybridized carbons (Fsp3) is 0.429. The second-order valence-corrected chi connectivity index (χ2v) is 11.0. The Kier molecular flexibility index (Phi) is 8.58. The number of hydrogen-bond acceptors (Lipinski definition) is 8. The summed E-state index contributed by atoms with van der Waals surface area (Å²) in [6.45, 7) is 7.14. The van der Waals surface area contributed by atoms with Gasteiger partial charge in [0.05, 0.1) is 27.9 Å². The molecular formula is C28H32Cl2FN7O2. The molecule has 1 aromatic carbocycles. The van der Waals surface area contributed by atoms with Crippen LogP contribution in [-0.2, 0) is 0 Å². The van der Waals surface area contributed by atoms with Gasteiger partial charge in [0.2, 0.25) is 5.95 Å². The minimum absolute atomic E-state index is 0.0528. The Balaban J connectivity index is 1.40. The summed E-state index contributed by atoms with van der Waals surface area (Å²) in [6.07, 6.45) is 3.66. The first kappa shape index (κ1) is 28.3. The highest BCUT2D eigenvalue weighted by Gasteiger charge is 2.30. The third-order valence-corrected chi connectivity index (χ3v) is 8.00. The molecule has 3 aromatic rings. The number of aliphatic hydroxyl groups excluding tert-OH is 1. The van der Waals surface area contributed by atoms with E-state index in [1.54, 1.807) is 18.2 Å². The Morgan fingerprint density at radius 3 is 2.58 bits per heavy atom. The molecule has 2 aliphatic heterocycles. The first-order chi connectivity index (χ1) is 19.2. The number of halogens is 3. The van der Waals surface area contributed by atoms with Crippen molar-refractivity contribution in [3.63, 3.8) is 0 Å². The molecule has 2 fully saturated rings. The normalized spacial score (nSPS) is 19.3. The first-order valence-corrected chi connectivity index (χ1v) is 14.2. The van der Waals surface area contributed by atoms with Crippen molar-refractivity contribution in [2.24, 2.45) is 0 Å². The van der Waals surface area contributed by atoms with E-state index in [1.165, 1.54) is 12.3 Å². The van der Waals surface area contributed by atoms with E-state index in [-0.39, 0.29) is 30.1 Å². The lowest BCUT2D eigenvalue weighted by atomic mass is 10.1. The monoisotopic (exact) mass is 587 g/mol.